The molecule has 0 atom stereocenters. The van der Waals surface area contributed by atoms with Crippen LogP contribution in [0.3, 0.4) is 0 Å². The second-order valence-electron chi connectivity index (χ2n) is 7.33. The van der Waals surface area contributed by atoms with Crippen molar-refractivity contribution in [2.75, 3.05) is 59.5 Å². The molecule has 0 N–H and O–H groups in total. The first-order valence-electron chi connectivity index (χ1n) is 9.64. The highest BCUT2D eigenvalue weighted by molar-refractivity contribution is 5.28. The van der Waals surface area contributed by atoms with Crippen LogP contribution in [-0.4, -0.2) is 74.2 Å². The molecule has 0 spiro atoms. The van der Waals surface area contributed by atoms with Gasteiger partial charge in [-0.05, 0) is 70.2 Å². The average molecular weight is 332 g/mol. The van der Waals surface area contributed by atoms with Gasteiger partial charge in [-0.25, -0.2) is 0 Å². The molecule has 2 aliphatic heterocycles. The minimum Gasteiger partial charge on any atom is -0.492 e. The van der Waals surface area contributed by atoms with Crippen LogP contribution in [0.4, 0.5) is 0 Å². The van der Waals surface area contributed by atoms with Crippen molar-refractivity contribution in [1.29, 1.82) is 0 Å². The number of benzene rings is 1. The smallest absolute Gasteiger partial charge is 0.119 e. The summed E-state index contributed by atoms with van der Waals surface area (Å²) in [6.07, 6.45) is 5.36. The maximum absolute atomic E-state index is 6.01. The second kappa shape index (κ2) is 9.40. The third-order valence-corrected chi connectivity index (χ3v) is 5.24. The summed E-state index contributed by atoms with van der Waals surface area (Å²) in [6.45, 7) is 10.1. The lowest BCUT2D eigenvalue weighted by Gasteiger charge is -2.26. The van der Waals surface area contributed by atoms with Crippen molar-refractivity contribution < 1.29 is 4.74 Å². The summed E-state index contributed by atoms with van der Waals surface area (Å²) in [4.78, 5) is 7.53. The topological polar surface area (TPSA) is 19.0 Å². The molecule has 0 radical (unpaired) electrons. The predicted molar refractivity (Wildman–Crippen MR) is 99.6 cm³/mol. The van der Waals surface area contributed by atoms with Crippen molar-refractivity contribution in [3.63, 3.8) is 0 Å². The maximum Gasteiger partial charge on any atom is 0.119 e. The zero-order chi connectivity index (χ0) is 16.6. The van der Waals surface area contributed by atoms with Gasteiger partial charge in [-0.15, -0.1) is 0 Å². The molecule has 2 fully saturated rings. The molecule has 0 amide bonds. The second-order valence-corrected chi connectivity index (χ2v) is 7.33. The Balaban J connectivity index is 1.44. The number of likely N-dealkylation sites (tertiary alicyclic amines) is 1. The van der Waals surface area contributed by atoms with E-state index in [0.29, 0.717) is 0 Å². The first kappa shape index (κ1) is 17.7. The Morgan fingerprint density at radius 1 is 0.875 bits per heavy atom. The molecule has 0 saturated carbocycles. The van der Waals surface area contributed by atoms with Crippen LogP contribution >= 0.6 is 0 Å². The van der Waals surface area contributed by atoms with E-state index in [0.717, 1.165) is 32.0 Å². The molecule has 2 saturated heterocycles. The summed E-state index contributed by atoms with van der Waals surface area (Å²) in [6, 6.07) is 8.68. The number of hydrogen-bond acceptors (Lipinski definition) is 4. The summed E-state index contributed by atoms with van der Waals surface area (Å²) in [7, 11) is 2.22. The van der Waals surface area contributed by atoms with E-state index in [9.17, 15) is 0 Å². The lowest BCUT2D eigenvalue weighted by molar-refractivity contribution is 0.183. The van der Waals surface area contributed by atoms with Crippen LogP contribution in [0.2, 0.25) is 0 Å². The molecule has 4 heteroatoms. The molecule has 0 unspecified atom stereocenters. The molecule has 1 aromatic rings. The van der Waals surface area contributed by atoms with Crippen LogP contribution in [0, 0.1) is 0 Å². The van der Waals surface area contributed by atoms with Gasteiger partial charge < -0.3 is 9.64 Å². The van der Waals surface area contributed by atoms with Crippen LogP contribution in [0.1, 0.15) is 31.2 Å². The first-order valence-corrected chi connectivity index (χ1v) is 9.64. The largest absolute Gasteiger partial charge is 0.492 e. The first-order chi connectivity index (χ1) is 11.8. The highest BCUT2D eigenvalue weighted by Crippen LogP contribution is 2.16. The molecule has 0 aromatic heterocycles. The molecular formula is C20H33N3O. The van der Waals surface area contributed by atoms with Crippen LogP contribution < -0.4 is 4.74 Å². The molecule has 0 aliphatic carbocycles. The van der Waals surface area contributed by atoms with Gasteiger partial charge in [0.2, 0.25) is 0 Å². The van der Waals surface area contributed by atoms with Crippen molar-refractivity contribution in [3.8, 4) is 5.75 Å². The van der Waals surface area contributed by atoms with Gasteiger partial charge in [0.15, 0.2) is 0 Å². The summed E-state index contributed by atoms with van der Waals surface area (Å²) in [5, 5.41) is 0. The monoisotopic (exact) mass is 331 g/mol. The average Bonchev–Trinajstić information content (AvgIpc) is 2.81. The Morgan fingerprint density at radius 3 is 2.58 bits per heavy atom. The van der Waals surface area contributed by atoms with Crippen molar-refractivity contribution in [3.05, 3.63) is 29.8 Å². The Kier molecular flexibility index (Phi) is 6.94. The van der Waals surface area contributed by atoms with Gasteiger partial charge in [0.05, 0.1) is 0 Å². The Morgan fingerprint density at radius 2 is 1.71 bits per heavy atom. The molecule has 3 rings (SSSR count). The molecular weight excluding hydrogens is 298 g/mol. The van der Waals surface area contributed by atoms with E-state index in [1.54, 1.807) is 0 Å². The fourth-order valence-electron chi connectivity index (χ4n) is 3.73. The zero-order valence-electron chi connectivity index (χ0n) is 15.3. The van der Waals surface area contributed by atoms with E-state index in [2.05, 4.69) is 46.0 Å². The molecule has 1 aromatic carbocycles. The molecule has 134 valence electrons. The minimum atomic E-state index is 0.804. The van der Waals surface area contributed by atoms with Crippen molar-refractivity contribution in [1.82, 2.24) is 14.7 Å². The predicted octanol–water partition coefficient (Wildman–Crippen LogP) is 2.69. The van der Waals surface area contributed by atoms with Crippen molar-refractivity contribution >= 4 is 0 Å². The van der Waals surface area contributed by atoms with Gasteiger partial charge in [-0.1, -0.05) is 18.6 Å². The van der Waals surface area contributed by atoms with Gasteiger partial charge in [-0.2, -0.15) is 0 Å². The summed E-state index contributed by atoms with van der Waals surface area (Å²) >= 11 is 0. The molecule has 0 bridgehead atoms. The highest BCUT2D eigenvalue weighted by atomic mass is 16.5. The van der Waals surface area contributed by atoms with Crippen LogP contribution in [-0.2, 0) is 6.54 Å². The highest BCUT2D eigenvalue weighted by Gasteiger charge is 2.13. The van der Waals surface area contributed by atoms with Gasteiger partial charge in [0, 0.05) is 26.2 Å². The lowest BCUT2D eigenvalue weighted by atomic mass is 10.1. The normalized spacial score (nSPS) is 21.5. The van der Waals surface area contributed by atoms with Crippen molar-refractivity contribution in [2.24, 2.45) is 0 Å². The lowest BCUT2D eigenvalue weighted by Crippen LogP contribution is -2.33. The van der Waals surface area contributed by atoms with Crippen LogP contribution in [0.5, 0.6) is 5.75 Å². The number of ether oxygens (including phenoxy) is 1. The quantitative estimate of drug-likeness (QED) is 0.798. The Bertz CT molecular complexity index is 488. The van der Waals surface area contributed by atoms with Gasteiger partial charge in [0.25, 0.3) is 0 Å². The fourth-order valence-corrected chi connectivity index (χ4v) is 3.73. The zero-order valence-corrected chi connectivity index (χ0v) is 15.3. The van der Waals surface area contributed by atoms with Gasteiger partial charge in [-0.3, -0.25) is 9.80 Å². The number of likely N-dealkylation sites (N-methyl/N-ethyl adjacent to an activating group) is 1. The number of rotatable bonds is 6. The summed E-state index contributed by atoms with van der Waals surface area (Å²) in [5.41, 5.74) is 1.37. The number of nitrogens with zero attached hydrogens (tertiary/aromatic N) is 3. The number of hydrogen-bond donors (Lipinski definition) is 0. The van der Waals surface area contributed by atoms with E-state index in [4.69, 9.17) is 4.74 Å². The van der Waals surface area contributed by atoms with Gasteiger partial charge >= 0.3 is 0 Å². The molecule has 2 aliphatic rings. The Hall–Kier alpha value is -1.10. The molecule has 2 heterocycles. The SMILES string of the molecule is CN1CCCN(Cc2cccc(OCCN3CCCCC3)c2)CC1. The minimum absolute atomic E-state index is 0.804. The van der Waals surface area contributed by atoms with E-state index in [1.165, 1.54) is 64.0 Å². The fraction of sp³-hybridized carbons (Fsp3) is 0.700. The standard InChI is InChI=1S/C20H33N3O/c1-21-9-6-12-23(14-13-21)18-19-7-5-8-20(17-19)24-16-15-22-10-3-2-4-11-22/h5,7-8,17H,2-4,6,9-16,18H2,1H3. The third kappa shape index (κ3) is 5.76. The summed E-state index contributed by atoms with van der Waals surface area (Å²) < 4.78 is 6.01. The number of piperidine rings is 1. The Labute approximate surface area is 147 Å². The maximum atomic E-state index is 6.01. The molecule has 24 heavy (non-hydrogen) atoms. The molecule has 4 nitrogen and oxygen atoms in total. The van der Waals surface area contributed by atoms with E-state index < -0.39 is 0 Å². The summed E-state index contributed by atoms with van der Waals surface area (Å²) in [5.74, 6) is 1.02. The van der Waals surface area contributed by atoms with Crippen LogP contribution in [0.15, 0.2) is 24.3 Å². The van der Waals surface area contributed by atoms with Crippen LogP contribution in [0.25, 0.3) is 0 Å². The van der Waals surface area contributed by atoms with E-state index in [1.807, 2.05) is 0 Å². The third-order valence-electron chi connectivity index (χ3n) is 5.24. The van der Waals surface area contributed by atoms with Gasteiger partial charge in [0.1, 0.15) is 12.4 Å². The van der Waals surface area contributed by atoms with E-state index in [-0.39, 0.29) is 0 Å². The van der Waals surface area contributed by atoms with E-state index >= 15 is 0 Å². The van der Waals surface area contributed by atoms with Crippen molar-refractivity contribution in [2.45, 2.75) is 32.2 Å².